The molecule has 2 rings (SSSR count). The van der Waals surface area contributed by atoms with Crippen LogP contribution in [0.3, 0.4) is 0 Å². The second kappa shape index (κ2) is 11.1. The molecule has 0 saturated carbocycles. The number of terminal acetylenes is 1. The zero-order chi connectivity index (χ0) is 18.6. The second-order valence-electron chi connectivity index (χ2n) is 5.76. The third-order valence-electron chi connectivity index (χ3n) is 4.01. The van der Waals surface area contributed by atoms with Crippen molar-refractivity contribution in [3.05, 3.63) is 65.7 Å². The Balaban J connectivity index is 1.78. The number of carbonyl (C=O) groups excluding carboxylic acids is 1. The first-order chi connectivity index (χ1) is 12.7. The highest BCUT2D eigenvalue weighted by molar-refractivity contribution is 6.08. The summed E-state index contributed by atoms with van der Waals surface area (Å²) >= 11 is 0. The molecule has 4 nitrogen and oxygen atoms in total. The van der Waals surface area contributed by atoms with Crippen molar-refractivity contribution in [3.8, 4) is 18.1 Å². The van der Waals surface area contributed by atoms with Crippen LogP contribution >= 0.6 is 0 Å². The highest BCUT2D eigenvalue weighted by atomic mass is 16.5. The first kappa shape index (κ1) is 19.7. The highest BCUT2D eigenvalue weighted by Gasteiger charge is 2.08. The molecule has 0 aliphatic carbocycles. The molecule has 4 heteroatoms. The SMILES string of the molecule is C#CCOCCN(CC)CCOc1ccc(C(=O)c2ccccc2)cc1. The maximum absolute atomic E-state index is 12.4. The molecule has 0 amide bonds. The minimum Gasteiger partial charge on any atom is -0.492 e. The number of nitrogens with zero attached hydrogens (tertiary/aromatic N) is 1. The molecule has 0 heterocycles. The van der Waals surface area contributed by atoms with E-state index >= 15 is 0 Å². The van der Waals surface area contributed by atoms with E-state index in [0.717, 1.165) is 25.4 Å². The van der Waals surface area contributed by atoms with Gasteiger partial charge in [0.05, 0.1) is 6.61 Å². The molecule has 0 aromatic heterocycles. The fourth-order valence-corrected chi connectivity index (χ4v) is 2.50. The van der Waals surface area contributed by atoms with Crippen LogP contribution in [0.25, 0.3) is 0 Å². The Morgan fingerprint density at radius 1 is 1.00 bits per heavy atom. The van der Waals surface area contributed by atoms with Crippen LogP contribution in [0.15, 0.2) is 54.6 Å². The van der Waals surface area contributed by atoms with Crippen LogP contribution in [0.2, 0.25) is 0 Å². The molecule has 2 aromatic rings. The van der Waals surface area contributed by atoms with Crippen molar-refractivity contribution >= 4 is 5.78 Å². The third kappa shape index (κ3) is 6.36. The van der Waals surface area contributed by atoms with Crippen LogP contribution in [0, 0.1) is 12.3 Å². The smallest absolute Gasteiger partial charge is 0.193 e. The molecule has 136 valence electrons. The number of likely N-dealkylation sites (N-methyl/N-ethyl adjacent to an activating group) is 1. The van der Waals surface area contributed by atoms with E-state index in [1.165, 1.54) is 0 Å². The van der Waals surface area contributed by atoms with Gasteiger partial charge in [-0.15, -0.1) is 6.42 Å². The Kier molecular flexibility index (Phi) is 8.41. The van der Waals surface area contributed by atoms with Crippen molar-refractivity contribution in [2.75, 3.05) is 39.5 Å². The zero-order valence-electron chi connectivity index (χ0n) is 15.2. The quantitative estimate of drug-likeness (QED) is 0.354. The van der Waals surface area contributed by atoms with Gasteiger partial charge in [-0.25, -0.2) is 0 Å². The lowest BCUT2D eigenvalue weighted by Crippen LogP contribution is -2.31. The summed E-state index contributed by atoms with van der Waals surface area (Å²) in [6.07, 6.45) is 5.16. The molecule has 0 bridgehead atoms. The molecule has 26 heavy (non-hydrogen) atoms. The van der Waals surface area contributed by atoms with E-state index in [2.05, 4.69) is 17.7 Å². The van der Waals surface area contributed by atoms with Gasteiger partial charge in [0, 0.05) is 24.2 Å². The van der Waals surface area contributed by atoms with Gasteiger partial charge in [-0.1, -0.05) is 43.2 Å². The van der Waals surface area contributed by atoms with Gasteiger partial charge in [-0.3, -0.25) is 9.69 Å². The summed E-state index contributed by atoms with van der Waals surface area (Å²) in [6.45, 7) is 6.20. The number of rotatable bonds is 11. The van der Waals surface area contributed by atoms with Crippen molar-refractivity contribution < 1.29 is 14.3 Å². The topological polar surface area (TPSA) is 38.8 Å². The Bertz CT molecular complexity index is 704. The fraction of sp³-hybridized carbons (Fsp3) is 0.318. The molecule has 0 saturated heterocycles. The minimum atomic E-state index is 0.0151. The number of ketones is 1. The number of hydrogen-bond donors (Lipinski definition) is 0. The van der Waals surface area contributed by atoms with E-state index in [9.17, 15) is 4.79 Å². The molecule has 0 atom stereocenters. The van der Waals surface area contributed by atoms with Gasteiger partial charge >= 0.3 is 0 Å². The van der Waals surface area contributed by atoms with Crippen molar-refractivity contribution in [2.45, 2.75) is 6.92 Å². The number of carbonyl (C=O) groups is 1. The zero-order valence-corrected chi connectivity index (χ0v) is 15.2. The van der Waals surface area contributed by atoms with Crippen LogP contribution in [-0.2, 0) is 4.74 Å². The van der Waals surface area contributed by atoms with E-state index in [1.54, 1.807) is 12.1 Å². The van der Waals surface area contributed by atoms with Gasteiger partial charge in [0.1, 0.15) is 19.0 Å². The monoisotopic (exact) mass is 351 g/mol. The summed E-state index contributed by atoms with van der Waals surface area (Å²) in [6, 6.07) is 16.5. The van der Waals surface area contributed by atoms with E-state index in [4.69, 9.17) is 15.9 Å². The summed E-state index contributed by atoms with van der Waals surface area (Å²) in [5, 5.41) is 0. The molecule has 0 aliphatic rings. The number of hydrogen-bond acceptors (Lipinski definition) is 4. The maximum Gasteiger partial charge on any atom is 0.193 e. The maximum atomic E-state index is 12.4. The summed E-state index contributed by atoms with van der Waals surface area (Å²) < 4.78 is 11.1. The lowest BCUT2D eigenvalue weighted by Gasteiger charge is -2.20. The van der Waals surface area contributed by atoms with E-state index < -0.39 is 0 Å². The van der Waals surface area contributed by atoms with Crippen molar-refractivity contribution in [1.82, 2.24) is 4.90 Å². The Hall–Kier alpha value is -2.61. The predicted octanol–water partition coefficient (Wildman–Crippen LogP) is 3.27. The van der Waals surface area contributed by atoms with Gasteiger partial charge in [-0.05, 0) is 30.8 Å². The Morgan fingerprint density at radius 3 is 2.31 bits per heavy atom. The van der Waals surface area contributed by atoms with Gasteiger partial charge in [0.2, 0.25) is 0 Å². The van der Waals surface area contributed by atoms with Gasteiger partial charge in [0.15, 0.2) is 5.78 Å². The summed E-state index contributed by atoms with van der Waals surface area (Å²) in [4.78, 5) is 14.6. The van der Waals surface area contributed by atoms with Crippen LogP contribution in [-0.4, -0.2) is 50.1 Å². The molecule has 0 N–H and O–H groups in total. The van der Waals surface area contributed by atoms with Gasteiger partial charge in [0.25, 0.3) is 0 Å². The molecule has 0 radical (unpaired) electrons. The van der Waals surface area contributed by atoms with Crippen molar-refractivity contribution in [1.29, 1.82) is 0 Å². The number of benzene rings is 2. The molecular formula is C22H25NO3. The van der Waals surface area contributed by atoms with Gasteiger partial charge in [-0.2, -0.15) is 0 Å². The average molecular weight is 351 g/mol. The fourth-order valence-electron chi connectivity index (χ4n) is 2.50. The summed E-state index contributed by atoms with van der Waals surface area (Å²) in [7, 11) is 0. The normalized spacial score (nSPS) is 10.5. The molecule has 0 unspecified atom stereocenters. The van der Waals surface area contributed by atoms with Crippen LogP contribution < -0.4 is 4.74 Å². The van der Waals surface area contributed by atoms with Crippen LogP contribution in [0.4, 0.5) is 0 Å². The third-order valence-corrected chi connectivity index (χ3v) is 4.01. The van der Waals surface area contributed by atoms with Crippen LogP contribution in [0.5, 0.6) is 5.75 Å². The lowest BCUT2D eigenvalue weighted by molar-refractivity contribution is 0.103. The van der Waals surface area contributed by atoms with Crippen molar-refractivity contribution in [3.63, 3.8) is 0 Å². The van der Waals surface area contributed by atoms with Crippen LogP contribution in [0.1, 0.15) is 22.8 Å². The van der Waals surface area contributed by atoms with E-state index in [-0.39, 0.29) is 5.78 Å². The Labute approximate surface area is 155 Å². The highest BCUT2D eigenvalue weighted by Crippen LogP contribution is 2.15. The first-order valence-corrected chi connectivity index (χ1v) is 8.80. The standard InChI is InChI=1S/C22H25NO3/c1-3-16-25-17-14-23(4-2)15-18-26-21-12-10-20(11-13-21)22(24)19-8-6-5-7-9-19/h1,5-13H,4,14-18H2,2H3. The molecule has 0 fully saturated rings. The van der Waals surface area contributed by atoms with Gasteiger partial charge < -0.3 is 9.47 Å². The largest absolute Gasteiger partial charge is 0.492 e. The molecule has 0 aliphatic heterocycles. The molecule has 0 spiro atoms. The number of ether oxygens (including phenoxy) is 2. The average Bonchev–Trinajstić information content (AvgIpc) is 2.70. The van der Waals surface area contributed by atoms with E-state index in [1.807, 2.05) is 42.5 Å². The summed E-state index contributed by atoms with van der Waals surface area (Å²) in [5.41, 5.74) is 1.34. The molecule has 2 aromatic carbocycles. The second-order valence-corrected chi connectivity index (χ2v) is 5.76. The predicted molar refractivity (Wildman–Crippen MR) is 104 cm³/mol. The van der Waals surface area contributed by atoms with Crippen molar-refractivity contribution in [2.24, 2.45) is 0 Å². The lowest BCUT2D eigenvalue weighted by atomic mass is 10.0. The minimum absolute atomic E-state index is 0.0151. The molecular weight excluding hydrogens is 326 g/mol. The summed E-state index contributed by atoms with van der Waals surface area (Å²) in [5.74, 6) is 3.23. The first-order valence-electron chi connectivity index (χ1n) is 8.80. The Morgan fingerprint density at radius 2 is 1.65 bits per heavy atom. The van der Waals surface area contributed by atoms with E-state index in [0.29, 0.717) is 30.9 Å².